The zero-order valence-corrected chi connectivity index (χ0v) is 17.7. The fourth-order valence-electron chi connectivity index (χ4n) is 2.62. The molecule has 3 aromatic rings. The Hall–Kier alpha value is -3.31. The fraction of sp³-hybridized carbons (Fsp3) is 0.100. The van der Waals surface area contributed by atoms with E-state index in [9.17, 15) is 26.4 Å². The van der Waals surface area contributed by atoms with Crippen LogP contribution in [0.5, 0.6) is 0 Å². The fourth-order valence-corrected chi connectivity index (χ4v) is 4.28. The first kappa shape index (κ1) is 23.4. The standard InChI is InChI=1S/C20H15ClF3N3O4S/c21-18-9-8-14(11-17(18)20(22,23)24)27(32(29,30)16-6-2-1-3-7-16)13-19(28)26-25-12-15-5-4-10-31-15/h1-12H,13H2,(H,26,28). The highest BCUT2D eigenvalue weighted by Crippen LogP contribution is 2.37. The smallest absolute Gasteiger partial charge is 0.417 e. The van der Waals surface area contributed by atoms with Crippen molar-refractivity contribution in [1.82, 2.24) is 5.43 Å². The largest absolute Gasteiger partial charge is 0.463 e. The number of benzene rings is 2. The Balaban J connectivity index is 1.96. The van der Waals surface area contributed by atoms with Gasteiger partial charge in [-0.3, -0.25) is 9.10 Å². The molecule has 0 saturated carbocycles. The van der Waals surface area contributed by atoms with Gasteiger partial charge in [-0.05, 0) is 42.5 Å². The average molecular weight is 486 g/mol. The van der Waals surface area contributed by atoms with Gasteiger partial charge in [-0.1, -0.05) is 29.8 Å². The van der Waals surface area contributed by atoms with Crippen LogP contribution in [0.15, 0.2) is 81.3 Å². The highest BCUT2D eigenvalue weighted by atomic mass is 35.5. The number of hydrogen-bond donors (Lipinski definition) is 1. The normalized spacial score (nSPS) is 12.1. The number of hydrazone groups is 1. The molecule has 0 aliphatic carbocycles. The first-order valence-corrected chi connectivity index (χ1v) is 10.7. The molecule has 1 N–H and O–H groups in total. The van der Waals surface area contributed by atoms with Crippen molar-refractivity contribution in [3.63, 3.8) is 0 Å². The van der Waals surface area contributed by atoms with Crippen LogP contribution in [-0.2, 0) is 21.0 Å². The molecule has 1 aromatic heterocycles. The molecular formula is C20H15ClF3N3O4S. The van der Waals surface area contributed by atoms with E-state index in [1.807, 2.05) is 0 Å². The molecule has 0 spiro atoms. The Morgan fingerprint density at radius 3 is 2.47 bits per heavy atom. The van der Waals surface area contributed by atoms with Crippen LogP contribution in [0.2, 0.25) is 5.02 Å². The molecular weight excluding hydrogens is 471 g/mol. The van der Waals surface area contributed by atoms with Crippen LogP contribution < -0.4 is 9.73 Å². The lowest BCUT2D eigenvalue weighted by Gasteiger charge is -2.24. The van der Waals surface area contributed by atoms with Gasteiger partial charge in [0.1, 0.15) is 12.3 Å². The third-order valence-electron chi connectivity index (χ3n) is 4.09. The molecule has 0 aliphatic rings. The van der Waals surface area contributed by atoms with Crippen molar-refractivity contribution in [3.8, 4) is 0 Å². The number of nitrogens with zero attached hydrogens (tertiary/aromatic N) is 2. The molecule has 3 rings (SSSR count). The second kappa shape index (κ2) is 9.45. The number of rotatable bonds is 7. The van der Waals surface area contributed by atoms with Gasteiger partial charge in [0.15, 0.2) is 0 Å². The van der Waals surface area contributed by atoms with E-state index in [1.165, 1.54) is 36.7 Å². The number of furan rings is 1. The molecule has 0 fully saturated rings. The lowest BCUT2D eigenvalue weighted by molar-refractivity contribution is -0.137. The highest BCUT2D eigenvalue weighted by Gasteiger charge is 2.35. The summed E-state index contributed by atoms with van der Waals surface area (Å²) in [5.74, 6) is -0.567. The zero-order valence-electron chi connectivity index (χ0n) is 16.1. The molecule has 1 amide bonds. The minimum atomic E-state index is -4.83. The molecule has 0 bridgehead atoms. The number of anilines is 1. The Labute approximate surface area is 186 Å². The van der Waals surface area contributed by atoms with Crippen LogP contribution in [0.3, 0.4) is 0 Å². The molecule has 7 nitrogen and oxygen atoms in total. The predicted octanol–water partition coefficient (Wildman–Crippen LogP) is 4.30. The maximum atomic E-state index is 13.3. The minimum Gasteiger partial charge on any atom is -0.463 e. The van der Waals surface area contributed by atoms with Gasteiger partial charge in [0, 0.05) is 0 Å². The van der Waals surface area contributed by atoms with Crippen molar-refractivity contribution in [3.05, 3.63) is 83.3 Å². The van der Waals surface area contributed by atoms with Gasteiger partial charge >= 0.3 is 6.18 Å². The van der Waals surface area contributed by atoms with Gasteiger partial charge in [-0.25, -0.2) is 13.8 Å². The van der Waals surface area contributed by atoms with Gasteiger partial charge < -0.3 is 4.42 Å². The van der Waals surface area contributed by atoms with Crippen molar-refractivity contribution < 1.29 is 30.8 Å². The van der Waals surface area contributed by atoms with Crippen LogP contribution in [-0.4, -0.2) is 27.1 Å². The summed E-state index contributed by atoms with van der Waals surface area (Å²) in [6, 6.07) is 12.7. The van der Waals surface area contributed by atoms with E-state index >= 15 is 0 Å². The predicted molar refractivity (Wildman–Crippen MR) is 112 cm³/mol. The quantitative estimate of drug-likeness (QED) is 0.399. The summed E-state index contributed by atoms with van der Waals surface area (Å²) >= 11 is 5.64. The van der Waals surface area contributed by atoms with Gasteiger partial charge in [0.25, 0.3) is 15.9 Å². The number of nitrogens with one attached hydrogen (secondary N) is 1. The monoisotopic (exact) mass is 485 g/mol. The molecule has 1 heterocycles. The Kier molecular flexibility index (Phi) is 6.90. The second-order valence-electron chi connectivity index (χ2n) is 6.30. The molecule has 0 saturated heterocycles. The number of sulfonamides is 1. The van der Waals surface area contributed by atoms with E-state index in [1.54, 1.807) is 18.2 Å². The van der Waals surface area contributed by atoms with Crippen molar-refractivity contribution in [1.29, 1.82) is 0 Å². The van der Waals surface area contributed by atoms with E-state index in [-0.39, 0.29) is 4.90 Å². The molecule has 0 atom stereocenters. The molecule has 0 unspecified atom stereocenters. The van der Waals surface area contributed by atoms with Crippen LogP contribution in [0.1, 0.15) is 11.3 Å². The summed E-state index contributed by atoms with van der Waals surface area (Å²) in [4.78, 5) is 12.2. The SMILES string of the molecule is O=C(CN(c1ccc(Cl)c(C(F)(F)F)c1)S(=O)(=O)c1ccccc1)NN=Cc1ccco1. The van der Waals surface area contributed by atoms with E-state index in [0.717, 1.165) is 12.1 Å². The number of hydrogen-bond acceptors (Lipinski definition) is 5. The van der Waals surface area contributed by atoms with E-state index in [0.29, 0.717) is 16.1 Å². The Morgan fingerprint density at radius 2 is 1.84 bits per heavy atom. The molecule has 2 aromatic carbocycles. The zero-order chi connectivity index (χ0) is 23.4. The Bertz CT molecular complexity index is 1210. The topological polar surface area (TPSA) is 92.0 Å². The number of alkyl halides is 3. The Morgan fingerprint density at radius 1 is 1.12 bits per heavy atom. The van der Waals surface area contributed by atoms with Crippen molar-refractivity contribution in [2.24, 2.45) is 5.10 Å². The molecule has 12 heteroatoms. The van der Waals surface area contributed by atoms with Gasteiger partial charge in [-0.2, -0.15) is 18.3 Å². The average Bonchev–Trinajstić information content (AvgIpc) is 3.26. The van der Waals surface area contributed by atoms with Gasteiger partial charge in [0.2, 0.25) is 0 Å². The van der Waals surface area contributed by atoms with E-state index < -0.39 is 44.9 Å². The summed E-state index contributed by atoms with van der Waals surface area (Å²) in [5.41, 5.74) is 0.489. The maximum Gasteiger partial charge on any atom is 0.417 e. The third kappa shape index (κ3) is 5.48. The maximum absolute atomic E-state index is 13.3. The van der Waals surface area contributed by atoms with E-state index in [2.05, 4.69) is 10.5 Å². The van der Waals surface area contributed by atoms with Crippen molar-refractivity contribution >= 4 is 39.4 Å². The van der Waals surface area contributed by atoms with Crippen molar-refractivity contribution in [2.45, 2.75) is 11.1 Å². The summed E-state index contributed by atoms with van der Waals surface area (Å²) < 4.78 is 71.8. The highest BCUT2D eigenvalue weighted by molar-refractivity contribution is 7.92. The summed E-state index contributed by atoms with van der Waals surface area (Å²) in [6.45, 7) is -0.842. The van der Waals surface area contributed by atoms with Crippen LogP contribution >= 0.6 is 11.6 Å². The summed E-state index contributed by atoms with van der Waals surface area (Å²) in [6.07, 6.45) is -2.26. The summed E-state index contributed by atoms with van der Waals surface area (Å²) in [7, 11) is -4.40. The lowest BCUT2D eigenvalue weighted by Crippen LogP contribution is -2.39. The molecule has 0 aliphatic heterocycles. The number of amides is 1. The van der Waals surface area contributed by atoms with Gasteiger partial charge in [-0.15, -0.1) is 0 Å². The number of halogens is 4. The van der Waals surface area contributed by atoms with Crippen molar-refractivity contribution in [2.75, 3.05) is 10.8 Å². The van der Waals surface area contributed by atoms with Crippen LogP contribution in [0, 0.1) is 0 Å². The first-order valence-electron chi connectivity index (χ1n) is 8.89. The molecule has 0 radical (unpaired) electrons. The second-order valence-corrected chi connectivity index (χ2v) is 8.56. The van der Waals surface area contributed by atoms with E-state index in [4.69, 9.17) is 16.0 Å². The number of carbonyl (C=O) groups excluding carboxylic acids is 1. The van der Waals surface area contributed by atoms with Crippen LogP contribution in [0.4, 0.5) is 18.9 Å². The molecule has 168 valence electrons. The lowest BCUT2D eigenvalue weighted by atomic mass is 10.2. The minimum absolute atomic E-state index is 0.213. The number of carbonyl (C=O) groups is 1. The van der Waals surface area contributed by atoms with Crippen LogP contribution in [0.25, 0.3) is 0 Å². The first-order chi connectivity index (χ1) is 15.1. The summed E-state index contributed by atoms with van der Waals surface area (Å²) in [5, 5.41) is 3.04. The van der Waals surface area contributed by atoms with Gasteiger partial charge in [0.05, 0.1) is 33.6 Å². The molecule has 32 heavy (non-hydrogen) atoms. The third-order valence-corrected chi connectivity index (χ3v) is 6.20.